The third-order valence-electron chi connectivity index (χ3n) is 2.44. The van der Waals surface area contributed by atoms with Crippen molar-refractivity contribution in [1.82, 2.24) is 0 Å². The quantitative estimate of drug-likeness (QED) is 0.609. The van der Waals surface area contributed by atoms with Crippen LogP contribution in [0.5, 0.6) is 0 Å². The van der Waals surface area contributed by atoms with Crippen molar-refractivity contribution in [3.05, 3.63) is 33.3 Å². The van der Waals surface area contributed by atoms with Gasteiger partial charge >= 0.3 is 0 Å². The van der Waals surface area contributed by atoms with Gasteiger partial charge < -0.3 is 15.8 Å². The molecule has 7 nitrogen and oxygen atoms in total. The van der Waals surface area contributed by atoms with Crippen LogP contribution in [0.15, 0.2) is 18.2 Å². The molecule has 0 saturated heterocycles. The predicted molar refractivity (Wildman–Crippen MR) is 71.2 cm³/mol. The summed E-state index contributed by atoms with van der Waals surface area (Å²) in [7, 11) is 1.44. The molecule has 0 radical (unpaired) electrons. The number of nitrogens with one attached hydrogen (secondary N) is 1. The number of hydrogen-bond acceptors (Lipinski definition) is 5. The Kier molecular flexibility index (Phi) is 5.68. The van der Waals surface area contributed by atoms with Gasteiger partial charge in [-0.1, -0.05) is 11.6 Å². The molecule has 1 rings (SSSR count). The first-order chi connectivity index (χ1) is 8.97. The van der Waals surface area contributed by atoms with Crippen LogP contribution in [0.1, 0.15) is 6.42 Å². The lowest BCUT2D eigenvalue weighted by molar-refractivity contribution is -0.383. The number of hydrogen-bond donors (Lipinski definition) is 2. The van der Waals surface area contributed by atoms with E-state index in [9.17, 15) is 14.9 Å². The molecule has 0 aliphatic carbocycles. The molecule has 1 atom stereocenters. The molecular formula is C11H14ClN3O4. The Bertz CT molecular complexity index is 477. The number of carbonyl (C=O) groups is 1. The Hall–Kier alpha value is -1.70. The molecule has 0 aromatic heterocycles. The largest absolute Gasteiger partial charge is 0.380 e. The van der Waals surface area contributed by atoms with Crippen LogP contribution in [0.25, 0.3) is 0 Å². The van der Waals surface area contributed by atoms with Crippen molar-refractivity contribution in [2.75, 3.05) is 19.0 Å². The summed E-state index contributed by atoms with van der Waals surface area (Å²) in [6, 6.07) is 4.01. The van der Waals surface area contributed by atoms with E-state index in [2.05, 4.69) is 5.32 Å². The van der Waals surface area contributed by atoms with Gasteiger partial charge in [0.05, 0.1) is 17.4 Å². The molecule has 0 heterocycles. The van der Waals surface area contributed by atoms with Crippen molar-refractivity contribution in [2.45, 2.75) is 12.5 Å². The van der Waals surface area contributed by atoms with Crippen molar-refractivity contribution < 1.29 is 14.5 Å². The second kappa shape index (κ2) is 7.03. The molecular weight excluding hydrogens is 274 g/mol. The van der Waals surface area contributed by atoms with Crippen LogP contribution in [0.2, 0.25) is 5.02 Å². The first-order valence-corrected chi connectivity index (χ1v) is 5.82. The van der Waals surface area contributed by atoms with E-state index in [-0.39, 0.29) is 29.4 Å². The summed E-state index contributed by atoms with van der Waals surface area (Å²) in [6.45, 7) is 0.187. The molecule has 0 saturated carbocycles. The number of nitro groups is 1. The second-order valence-corrected chi connectivity index (χ2v) is 4.20. The lowest BCUT2D eigenvalue weighted by Crippen LogP contribution is -2.28. The number of amides is 1. The van der Waals surface area contributed by atoms with E-state index in [4.69, 9.17) is 22.1 Å². The summed E-state index contributed by atoms with van der Waals surface area (Å²) < 4.78 is 4.96. The van der Waals surface area contributed by atoms with Crippen molar-refractivity contribution in [2.24, 2.45) is 5.73 Å². The smallest absolute Gasteiger partial charge is 0.294 e. The van der Waals surface area contributed by atoms with Crippen molar-refractivity contribution in [1.29, 1.82) is 0 Å². The highest BCUT2D eigenvalue weighted by atomic mass is 35.5. The van der Waals surface area contributed by atoms with E-state index >= 15 is 0 Å². The van der Waals surface area contributed by atoms with Gasteiger partial charge in [0.2, 0.25) is 5.91 Å². The molecule has 104 valence electrons. The Morgan fingerprint density at radius 1 is 1.63 bits per heavy atom. The Morgan fingerprint density at radius 3 is 2.84 bits per heavy atom. The topological polar surface area (TPSA) is 107 Å². The number of ether oxygens (including phenoxy) is 1. The number of benzene rings is 1. The molecule has 8 heteroatoms. The maximum absolute atomic E-state index is 11.7. The number of halogens is 1. The van der Waals surface area contributed by atoms with E-state index in [0.29, 0.717) is 0 Å². The minimum absolute atomic E-state index is 0.0206. The first-order valence-electron chi connectivity index (χ1n) is 5.44. The van der Waals surface area contributed by atoms with Gasteiger partial charge in [0.15, 0.2) is 0 Å². The maximum atomic E-state index is 11.7. The lowest BCUT2D eigenvalue weighted by Gasteiger charge is -2.12. The van der Waals surface area contributed by atoms with Crippen molar-refractivity contribution in [3.63, 3.8) is 0 Å². The molecule has 0 spiro atoms. The zero-order valence-electron chi connectivity index (χ0n) is 10.3. The predicted octanol–water partition coefficient (Wildman–Crippen LogP) is 1.55. The lowest BCUT2D eigenvalue weighted by atomic mass is 10.2. The Morgan fingerprint density at radius 2 is 2.32 bits per heavy atom. The van der Waals surface area contributed by atoms with Crippen LogP contribution >= 0.6 is 11.6 Å². The number of nitrogens with two attached hydrogens (primary N) is 1. The van der Waals surface area contributed by atoms with Gasteiger partial charge in [-0.15, -0.1) is 0 Å². The third kappa shape index (κ3) is 4.47. The summed E-state index contributed by atoms with van der Waals surface area (Å²) in [4.78, 5) is 21.9. The maximum Gasteiger partial charge on any atom is 0.294 e. The second-order valence-electron chi connectivity index (χ2n) is 3.76. The SMILES string of the molecule is COC(CN)CC(=O)Nc1ccc(Cl)cc1[N+](=O)[O-]. The Balaban J connectivity index is 2.82. The van der Waals surface area contributed by atoms with E-state index in [0.717, 1.165) is 0 Å². The average Bonchev–Trinajstić information content (AvgIpc) is 2.37. The number of methoxy groups -OCH3 is 1. The van der Waals surface area contributed by atoms with Crippen molar-refractivity contribution >= 4 is 28.9 Å². The molecule has 1 amide bonds. The highest BCUT2D eigenvalue weighted by molar-refractivity contribution is 6.31. The zero-order valence-corrected chi connectivity index (χ0v) is 11.0. The van der Waals surface area contributed by atoms with E-state index in [1.807, 2.05) is 0 Å². The number of rotatable bonds is 6. The van der Waals surface area contributed by atoms with Gasteiger partial charge in [-0.3, -0.25) is 14.9 Å². The van der Waals surface area contributed by atoms with Crippen LogP contribution in [0.4, 0.5) is 11.4 Å². The van der Waals surface area contributed by atoms with Gasteiger partial charge in [0.1, 0.15) is 5.69 Å². The van der Waals surface area contributed by atoms with Gasteiger partial charge in [0.25, 0.3) is 5.69 Å². The molecule has 1 unspecified atom stereocenters. The van der Waals surface area contributed by atoms with Gasteiger partial charge in [0, 0.05) is 24.7 Å². The molecule has 1 aromatic carbocycles. The molecule has 0 aliphatic heterocycles. The molecule has 3 N–H and O–H groups in total. The fraction of sp³-hybridized carbons (Fsp3) is 0.364. The van der Waals surface area contributed by atoms with Crippen LogP contribution in [0.3, 0.4) is 0 Å². The summed E-state index contributed by atoms with van der Waals surface area (Å²) in [5, 5.41) is 13.5. The number of carbonyl (C=O) groups excluding carboxylic acids is 1. The minimum Gasteiger partial charge on any atom is -0.380 e. The van der Waals surface area contributed by atoms with Gasteiger partial charge in [-0.25, -0.2) is 0 Å². The van der Waals surface area contributed by atoms with E-state index in [1.165, 1.54) is 25.3 Å². The normalized spacial score (nSPS) is 11.9. The fourth-order valence-corrected chi connectivity index (χ4v) is 1.60. The standard InChI is InChI=1S/C11H14ClN3O4/c1-19-8(6-13)5-11(16)14-9-3-2-7(12)4-10(9)15(17)18/h2-4,8H,5-6,13H2,1H3,(H,14,16). The van der Waals surface area contributed by atoms with Crippen LogP contribution in [0, 0.1) is 10.1 Å². The van der Waals surface area contributed by atoms with Crippen LogP contribution < -0.4 is 11.1 Å². The number of nitro benzene ring substituents is 1. The highest BCUT2D eigenvalue weighted by Gasteiger charge is 2.18. The summed E-state index contributed by atoms with van der Waals surface area (Å²) in [5.41, 5.74) is 5.22. The molecule has 0 bridgehead atoms. The van der Waals surface area contributed by atoms with Crippen molar-refractivity contribution in [3.8, 4) is 0 Å². The van der Waals surface area contributed by atoms with E-state index in [1.54, 1.807) is 0 Å². The highest BCUT2D eigenvalue weighted by Crippen LogP contribution is 2.27. The fourth-order valence-electron chi connectivity index (χ4n) is 1.43. The number of nitrogens with zero attached hydrogens (tertiary/aromatic N) is 1. The summed E-state index contributed by atoms with van der Waals surface area (Å²) in [6.07, 6.45) is -0.404. The monoisotopic (exact) mass is 287 g/mol. The molecule has 0 fully saturated rings. The summed E-state index contributed by atoms with van der Waals surface area (Å²) in [5.74, 6) is -0.414. The van der Waals surface area contributed by atoms with Gasteiger partial charge in [-0.2, -0.15) is 0 Å². The van der Waals surface area contributed by atoms with Crippen LogP contribution in [-0.4, -0.2) is 30.6 Å². The Labute approximate surface area is 114 Å². The average molecular weight is 288 g/mol. The molecule has 1 aromatic rings. The summed E-state index contributed by atoms with van der Waals surface area (Å²) >= 11 is 5.67. The van der Waals surface area contributed by atoms with Crippen LogP contribution in [-0.2, 0) is 9.53 Å². The molecule has 0 aliphatic rings. The first kappa shape index (κ1) is 15.4. The zero-order chi connectivity index (χ0) is 14.4. The van der Waals surface area contributed by atoms with E-state index < -0.39 is 16.9 Å². The minimum atomic E-state index is -0.613. The molecule has 19 heavy (non-hydrogen) atoms. The number of anilines is 1. The van der Waals surface area contributed by atoms with Gasteiger partial charge in [-0.05, 0) is 12.1 Å². The third-order valence-corrected chi connectivity index (χ3v) is 2.67.